The van der Waals surface area contributed by atoms with Crippen LogP contribution in [-0.4, -0.2) is 31.1 Å². The Labute approximate surface area is 161 Å². The van der Waals surface area contributed by atoms with E-state index in [-0.39, 0.29) is 23.8 Å². The van der Waals surface area contributed by atoms with Crippen molar-refractivity contribution in [3.05, 3.63) is 59.2 Å². The Morgan fingerprint density at radius 3 is 2.46 bits per heavy atom. The first-order chi connectivity index (χ1) is 13.4. The molecule has 7 heteroatoms. The fourth-order valence-corrected chi connectivity index (χ4v) is 2.55. The van der Waals surface area contributed by atoms with Crippen LogP contribution >= 0.6 is 0 Å². The summed E-state index contributed by atoms with van der Waals surface area (Å²) in [5, 5.41) is 2.56. The van der Waals surface area contributed by atoms with Crippen molar-refractivity contribution >= 4 is 29.4 Å². The lowest BCUT2D eigenvalue weighted by Gasteiger charge is -2.10. The maximum absolute atomic E-state index is 12.1. The number of esters is 1. The molecule has 1 N–H and O–H groups in total. The summed E-state index contributed by atoms with van der Waals surface area (Å²) in [6.07, 6.45) is 2.85. The van der Waals surface area contributed by atoms with Crippen LogP contribution in [0.15, 0.2) is 42.5 Å². The lowest BCUT2D eigenvalue weighted by Crippen LogP contribution is -2.21. The molecule has 144 valence electrons. The molecule has 0 aliphatic carbocycles. The number of amides is 1. The van der Waals surface area contributed by atoms with Gasteiger partial charge in [-0.2, -0.15) is 0 Å². The van der Waals surface area contributed by atoms with Crippen molar-refractivity contribution in [2.24, 2.45) is 0 Å². The fourth-order valence-electron chi connectivity index (χ4n) is 2.55. The van der Waals surface area contributed by atoms with E-state index in [1.807, 2.05) is 31.2 Å². The number of nitrogens with one attached hydrogen (secondary N) is 1. The van der Waals surface area contributed by atoms with Gasteiger partial charge in [-0.3, -0.25) is 9.59 Å². The van der Waals surface area contributed by atoms with Crippen LogP contribution in [0.3, 0.4) is 0 Å². The SMILES string of the molecule is CC(=O)c1cc2c(cc1NC(=O)COC(=O)/C=C/c1ccc(C)cc1)OCO2. The van der Waals surface area contributed by atoms with E-state index in [0.29, 0.717) is 11.5 Å². The summed E-state index contributed by atoms with van der Waals surface area (Å²) in [6, 6.07) is 10.6. The van der Waals surface area contributed by atoms with Crippen molar-refractivity contribution in [3.63, 3.8) is 0 Å². The van der Waals surface area contributed by atoms with Crippen LogP contribution in [0.5, 0.6) is 11.5 Å². The molecule has 0 spiro atoms. The van der Waals surface area contributed by atoms with Gasteiger partial charge in [-0.05, 0) is 31.6 Å². The molecule has 1 heterocycles. The van der Waals surface area contributed by atoms with Crippen LogP contribution in [0, 0.1) is 6.92 Å². The van der Waals surface area contributed by atoms with Crippen molar-refractivity contribution in [1.82, 2.24) is 0 Å². The second kappa shape index (κ2) is 8.39. The molecule has 7 nitrogen and oxygen atoms in total. The molecule has 2 aromatic carbocycles. The molecular formula is C21H19NO6. The molecule has 1 amide bonds. The average Bonchev–Trinajstić information content (AvgIpc) is 3.12. The zero-order chi connectivity index (χ0) is 20.1. The second-order valence-electron chi connectivity index (χ2n) is 6.21. The minimum Gasteiger partial charge on any atom is -0.454 e. The molecule has 0 fully saturated rings. The maximum atomic E-state index is 12.1. The van der Waals surface area contributed by atoms with Crippen molar-refractivity contribution in [3.8, 4) is 11.5 Å². The Balaban J connectivity index is 1.58. The zero-order valence-electron chi connectivity index (χ0n) is 15.5. The summed E-state index contributed by atoms with van der Waals surface area (Å²) in [7, 11) is 0. The van der Waals surface area contributed by atoms with E-state index in [9.17, 15) is 14.4 Å². The normalized spacial score (nSPS) is 12.1. The molecule has 0 saturated carbocycles. The number of rotatable bonds is 6. The summed E-state index contributed by atoms with van der Waals surface area (Å²) in [5.41, 5.74) is 2.51. The zero-order valence-corrected chi connectivity index (χ0v) is 15.5. The summed E-state index contributed by atoms with van der Waals surface area (Å²) >= 11 is 0. The van der Waals surface area contributed by atoms with Gasteiger partial charge in [0, 0.05) is 17.7 Å². The van der Waals surface area contributed by atoms with E-state index < -0.39 is 18.5 Å². The van der Waals surface area contributed by atoms with E-state index in [0.717, 1.165) is 11.1 Å². The maximum Gasteiger partial charge on any atom is 0.331 e. The summed E-state index contributed by atoms with van der Waals surface area (Å²) < 4.78 is 15.4. The van der Waals surface area contributed by atoms with Crippen molar-refractivity contribution < 1.29 is 28.6 Å². The number of anilines is 1. The lowest BCUT2D eigenvalue weighted by molar-refractivity contribution is -0.142. The number of ether oxygens (including phenoxy) is 3. The van der Waals surface area contributed by atoms with E-state index in [2.05, 4.69) is 5.32 Å². The number of benzene rings is 2. The molecule has 1 aliphatic heterocycles. The van der Waals surface area contributed by atoms with Crippen molar-refractivity contribution in [2.45, 2.75) is 13.8 Å². The highest BCUT2D eigenvalue weighted by molar-refractivity contribution is 6.05. The highest BCUT2D eigenvalue weighted by Crippen LogP contribution is 2.37. The van der Waals surface area contributed by atoms with Gasteiger partial charge in [-0.25, -0.2) is 4.79 Å². The number of hydrogen-bond acceptors (Lipinski definition) is 6. The van der Waals surface area contributed by atoms with E-state index >= 15 is 0 Å². The van der Waals surface area contributed by atoms with Gasteiger partial charge in [0.15, 0.2) is 23.9 Å². The number of hydrogen-bond donors (Lipinski definition) is 1. The topological polar surface area (TPSA) is 90.9 Å². The van der Waals surface area contributed by atoms with Gasteiger partial charge in [0.1, 0.15) is 0 Å². The summed E-state index contributed by atoms with van der Waals surface area (Å²) in [6.45, 7) is 2.92. The molecule has 1 aliphatic rings. The molecule has 0 unspecified atom stereocenters. The fraction of sp³-hybridized carbons (Fsp3) is 0.190. The third kappa shape index (κ3) is 4.76. The van der Waals surface area contributed by atoms with E-state index in [4.69, 9.17) is 14.2 Å². The van der Waals surface area contributed by atoms with Crippen molar-refractivity contribution in [1.29, 1.82) is 0 Å². The predicted molar refractivity (Wildman–Crippen MR) is 102 cm³/mol. The predicted octanol–water partition coefficient (Wildman–Crippen LogP) is 3.12. The number of aryl methyl sites for hydroxylation is 1. The Morgan fingerprint density at radius 1 is 1.11 bits per heavy atom. The van der Waals surface area contributed by atoms with Gasteiger partial charge in [0.05, 0.1) is 5.69 Å². The number of Topliss-reactive ketones (excluding diaryl/α,β-unsaturated/α-hetero) is 1. The molecule has 0 atom stereocenters. The highest BCUT2D eigenvalue weighted by atomic mass is 16.7. The number of carbonyl (C=O) groups excluding carboxylic acids is 3. The number of fused-ring (bicyclic) bond motifs is 1. The molecule has 0 radical (unpaired) electrons. The monoisotopic (exact) mass is 381 g/mol. The van der Waals surface area contributed by atoms with E-state index in [1.165, 1.54) is 25.1 Å². The average molecular weight is 381 g/mol. The van der Waals surface area contributed by atoms with Gasteiger partial charge in [0.25, 0.3) is 5.91 Å². The standard InChI is InChI=1S/C21H19NO6/c1-13-3-5-15(6-4-13)7-8-21(25)26-11-20(24)22-17-10-19-18(27-12-28-19)9-16(17)14(2)23/h3-10H,11-12H2,1-2H3,(H,22,24)/b8-7+. The number of ketones is 1. The summed E-state index contributed by atoms with van der Waals surface area (Å²) in [5.74, 6) is -0.590. The largest absolute Gasteiger partial charge is 0.454 e. The number of carbonyl (C=O) groups is 3. The third-order valence-corrected chi connectivity index (χ3v) is 4.00. The molecule has 28 heavy (non-hydrogen) atoms. The first-order valence-corrected chi connectivity index (χ1v) is 8.58. The lowest BCUT2D eigenvalue weighted by atomic mass is 10.1. The van der Waals surface area contributed by atoms with Crippen LogP contribution in [0.1, 0.15) is 28.4 Å². The quantitative estimate of drug-likeness (QED) is 0.470. The smallest absolute Gasteiger partial charge is 0.331 e. The molecular weight excluding hydrogens is 362 g/mol. The molecule has 2 aromatic rings. The van der Waals surface area contributed by atoms with Gasteiger partial charge in [0.2, 0.25) is 6.79 Å². The molecule has 0 aromatic heterocycles. The van der Waals surface area contributed by atoms with Crippen LogP contribution in [-0.2, 0) is 14.3 Å². The molecule has 3 rings (SSSR count). The second-order valence-corrected chi connectivity index (χ2v) is 6.21. The first kappa shape index (κ1) is 19.2. The summed E-state index contributed by atoms with van der Waals surface area (Å²) in [4.78, 5) is 35.7. The van der Waals surface area contributed by atoms with E-state index in [1.54, 1.807) is 6.08 Å². The molecule has 0 saturated heterocycles. The van der Waals surface area contributed by atoms with Gasteiger partial charge in [-0.15, -0.1) is 0 Å². The highest BCUT2D eigenvalue weighted by Gasteiger charge is 2.20. The van der Waals surface area contributed by atoms with Crippen LogP contribution in [0.4, 0.5) is 5.69 Å². The Bertz CT molecular complexity index is 946. The van der Waals surface area contributed by atoms with Crippen LogP contribution < -0.4 is 14.8 Å². The van der Waals surface area contributed by atoms with Crippen LogP contribution in [0.25, 0.3) is 6.08 Å². The van der Waals surface area contributed by atoms with Gasteiger partial charge >= 0.3 is 5.97 Å². The minimum atomic E-state index is -0.645. The van der Waals surface area contributed by atoms with Crippen molar-refractivity contribution in [2.75, 3.05) is 18.7 Å². The van der Waals surface area contributed by atoms with Gasteiger partial charge in [-0.1, -0.05) is 29.8 Å². The third-order valence-electron chi connectivity index (χ3n) is 4.00. The van der Waals surface area contributed by atoms with Gasteiger partial charge < -0.3 is 19.5 Å². The Kier molecular flexibility index (Phi) is 5.74. The molecule has 0 bridgehead atoms. The first-order valence-electron chi connectivity index (χ1n) is 8.58. The van der Waals surface area contributed by atoms with Crippen LogP contribution in [0.2, 0.25) is 0 Å². The Hall–Kier alpha value is -3.61. The minimum absolute atomic E-state index is 0.0506. The Morgan fingerprint density at radius 2 is 1.79 bits per heavy atom.